The number of nitrogens with zero attached hydrogens (tertiary/aromatic N) is 1. The molecule has 2 aromatic rings. The van der Waals surface area contributed by atoms with E-state index < -0.39 is 0 Å². The molecular formula is C14H14BrN3O2S. The molecule has 0 aliphatic carbocycles. The smallest absolute Gasteiger partial charge is 0.268 e. The molecule has 21 heavy (non-hydrogen) atoms. The molecule has 1 amide bonds. The molecule has 0 bridgehead atoms. The Kier molecular flexibility index (Phi) is 6.04. The van der Waals surface area contributed by atoms with E-state index in [2.05, 4.69) is 26.3 Å². The minimum atomic E-state index is -0.368. The molecule has 0 aliphatic heterocycles. The molecule has 3 N–H and O–H groups in total. The number of amides is 1. The lowest BCUT2D eigenvalue weighted by Gasteiger charge is -2.10. The van der Waals surface area contributed by atoms with Crippen molar-refractivity contribution < 1.29 is 9.53 Å². The lowest BCUT2D eigenvalue weighted by molar-refractivity contribution is 0.0950. The van der Waals surface area contributed by atoms with Crippen LogP contribution in [-0.2, 0) is 0 Å². The first-order valence-electron chi connectivity index (χ1n) is 6.18. The molecule has 5 nitrogen and oxygen atoms in total. The van der Waals surface area contributed by atoms with Crippen LogP contribution in [0.4, 0.5) is 0 Å². The van der Waals surface area contributed by atoms with Crippen LogP contribution in [0.1, 0.15) is 10.4 Å². The van der Waals surface area contributed by atoms with Crippen LogP contribution in [0.3, 0.4) is 0 Å². The van der Waals surface area contributed by atoms with E-state index in [-0.39, 0.29) is 5.91 Å². The van der Waals surface area contributed by atoms with Crippen LogP contribution in [0.5, 0.6) is 5.75 Å². The van der Waals surface area contributed by atoms with Gasteiger partial charge in [-0.15, -0.1) is 11.8 Å². The third kappa shape index (κ3) is 4.73. The highest BCUT2D eigenvalue weighted by Gasteiger charge is 2.10. The first-order chi connectivity index (χ1) is 10.2. The lowest BCUT2D eigenvalue weighted by Crippen LogP contribution is -2.30. The molecule has 0 saturated carbocycles. The van der Waals surface area contributed by atoms with E-state index in [0.717, 1.165) is 15.3 Å². The number of pyridine rings is 1. The van der Waals surface area contributed by atoms with E-state index in [0.29, 0.717) is 17.9 Å². The number of hydrogen-bond acceptors (Lipinski definition) is 5. The summed E-state index contributed by atoms with van der Waals surface area (Å²) in [5.74, 6) is 6.02. The molecule has 0 saturated heterocycles. The van der Waals surface area contributed by atoms with Crippen LogP contribution in [0.15, 0.2) is 52.1 Å². The van der Waals surface area contributed by atoms with Crippen molar-refractivity contribution in [2.45, 2.75) is 5.03 Å². The van der Waals surface area contributed by atoms with Crippen LogP contribution in [0.2, 0.25) is 0 Å². The van der Waals surface area contributed by atoms with Gasteiger partial charge in [-0.1, -0.05) is 12.1 Å². The highest BCUT2D eigenvalue weighted by atomic mass is 79.9. The number of nitrogens with two attached hydrogens (primary N) is 1. The Morgan fingerprint density at radius 3 is 2.86 bits per heavy atom. The van der Waals surface area contributed by atoms with E-state index in [4.69, 9.17) is 10.6 Å². The maximum Gasteiger partial charge on any atom is 0.268 e. The van der Waals surface area contributed by atoms with E-state index in [1.807, 2.05) is 18.2 Å². The summed E-state index contributed by atoms with van der Waals surface area (Å²) >= 11 is 4.93. The molecule has 110 valence electrons. The van der Waals surface area contributed by atoms with E-state index in [9.17, 15) is 4.79 Å². The van der Waals surface area contributed by atoms with Crippen LogP contribution in [0, 0.1) is 0 Å². The number of aromatic nitrogens is 1. The maximum atomic E-state index is 11.6. The average Bonchev–Trinajstić information content (AvgIpc) is 2.53. The van der Waals surface area contributed by atoms with Gasteiger partial charge in [0.25, 0.3) is 5.91 Å². The number of nitrogen functional groups attached to an aromatic ring is 1. The Hall–Kier alpha value is -1.57. The summed E-state index contributed by atoms with van der Waals surface area (Å²) in [7, 11) is 0. The molecule has 0 unspecified atom stereocenters. The topological polar surface area (TPSA) is 77.2 Å². The number of nitrogens with one attached hydrogen (secondary N) is 1. The molecule has 0 aliphatic rings. The highest BCUT2D eigenvalue weighted by molar-refractivity contribution is 9.10. The van der Waals surface area contributed by atoms with Gasteiger partial charge in [-0.25, -0.2) is 10.8 Å². The number of thioether (sulfide) groups is 1. The van der Waals surface area contributed by atoms with Gasteiger partial charge < -0.3 is 4.74 Å². The Labute approximate surface area is 135 Å². The molecule has 7 heteroatoms. The second-order valence-electron chi connectivity index (χ2n) is 3.98. The van der Waals surface area contributed by atoms with Crippen molar-refractivity contribution in [3.05, 3.63) is 52.6 Å². The van der Waals surface area contributed by atoms with Crippen LogP contribution in [0.25, 0.3) is 0 Å². The van der Waals surface area contributed by atoms with Crippen LogP contribution in [-0.4, -0.2) is 23.3 Å². The molecule has 2 rings (SSSR count). The first kappa shape index (κ1) is 15.8. The SMILES string of the molecule is NNC(=O)c1ccccc1OCCSc1ccc(Br)cn1. The molecule has 1 aromatic carbocycles. The Morgan fingerprint density at radius 1 is 1.33 bits per heavy atom. The number of benzene rings is 1. The number of carbonyl (C=O) groups excluding carboxylic acids is 1. The van der Waals surface area contributed by atoms with Gasteiger partial charge in [0, 0.05) is 16.4 Å². The van der Waals surface area contributed by atoms with Crippen molar-refractivity contribution in [1.82, 2.24) is 10.4 Å². The molecule has 0 atom stereocenters. The normalized spacial score (nSPS) is 10.2. The van der Waals surface area contributed by atoms with Gasteiger partial charge in [-0.2, -0.15) is 0 Å². The summed E-state index contributed by atoms with van der Waals surface area (Å²) in [5.41, 5.74) is 2.53. The molecular weight excluding hydrogens is 354 g/mol. The van der Waals surface area contributed by atoms with Gasteiger partial charge in [-0.05, 0) is 40.2 Å². The van der Waals surface area contributed by atoms with Gasteiger partial charge in [0.2, 0.25) is 0 Å². The largest absolute Gasteiger partial charge is 0.492 e. The summed E-state index contributed by atoms with van der Waals surface area (Å²) in [4.78, 5) is 15.8. The predicted molar refractivity (Wildman–Crippen MR) is 86.3 cm³/mol. The fourth-order valence-corrected chi connectivity index (χ4v) is 2.51. The fraction of sp³-hybridized carbons (Fsp3) is 0.143. The Balaban J connectivity index is 1.86. The molecule has 1 heterocycles. The van der Waals surface area contributed by atoms with Crippen molar-refractivity contribution >= 4 is 33.6 Å². The number of para-hydroxylation sites is 1. The molecule has 0 radical (unpaired) electrons. The van der Waals surface area contributed by atoms with Gasteiger partial charge in [0.15, 0.2) is 0 Å². The first-order valence-corrected chi connectivity index (χ1v) is 7.95. The molecule has 1 aromatic heterocycles. The fourth-order valence-electron chi connectivity index (χ4n) is 1.60. The second kappa shape index (κ2) is 8.02. The quantitative estimate of drug-likeness (QED) is 0.270. The van der Waals surface area contributed by atoms with Crippen molar-refractivity contribution in [1.29, 1.82) is 0 Å². The second-order valence-corrected chi connectivity index (χ2v) is 6.01. The molecule has 0 fully saturated rings. The zero-order chi connectivity index (χ0) is 15.1. The van der Waals surface area contributed by atoms with Gasteiger partial charge >= 0.3 is 0 Å². The standard InChI is InChI=1S/C14H14BrN3O2S/c15-10-5-6-13(17-9-10)21-8-7-20-12-4-2-1-3-11(12)14(19)18-16/h1-6,9H,7-8,16H2,(H,18,19). The minimum Gasteiger partial charge on any atom is -0.492 e. The van der Waals surface area contributed by atoms with Crippen molar-refractivity contribution in [3.63, 3.8) is 0 Å². The van der Waals surface area contributed by atoms with E-state index in [1.54, 1.807) is 36.2 Å². The third-order valence-electron chi connectivity index (χ3n) is 2.55. The van der Waals surface area contributed by atoms with Crippen molar-refractivity contribution in [2.24, 2.45) is 5.84 Å². The zero-order valence-corrected chi connectivity index (χ0v) is 13.5. The third-order valence-corrected chi connectivity index (χ3v) is 3.93. The van der Waals surface area contributed by atoms with Gasteiger partial charge in [0.05, 0.1) is 17.2 Å². The maximum absolute atomic E-state index is 11.6. The summed E-state index contributed by atoms with van der Waals surface area (Å²) in [6.07, 6.45) is 1.75. The van der Waals surface area contributed by atoms with E-state index >= 15 is 0 Å². The van der Waals surface area contributed by atoms with Crippen LogP contribution >= 0.6 is 27.7 Å². The zero-order valence-electron chi connectivity index (χ0n) is 11.1. The lowest BCUT2D eigenvalue weighted by atomic mass is 10.2. The van der Waals surface area contributed by atoms with Gasteiger partial charge in [-0.3, -0.25) is 10.2 Å². The Bertz CT molecular complexity index is 607. The van der Waals surface area contributed by atoms with Crippen molar-refractivity contribution in [3.8, 4) is 5.75 Å². The summed E-state index contributed by atoms with van der Waals surface area (Å²) in [6.45, 7) is 0.470. The Morgan fingerprint density at radius 2 is 2.14 bits per heavy atom. The number of halogens is 1. The van der Waals surface area contributed by atoms with Crippen LogP contribution < -0.4 is 16.0 Å². The number of hydrazine groups is 1. The summed E-state index contributed by atoms with van der Waals surface area (Å²) < 4.78 is 6.58. The number of rotatable bonds is 6. The van der Waals surface area contributed by atoms with Crippen molar-refractivity contribution in [2.75, 3.05) is 12.4 Å². The number of carbonyl (C=O) groups is 1. The minimum absolute atomic E-state index is 0.368. The monoisotopic (exact) mass is 367 g/mol. The number of ether oxygens (including phenoxy) is 1. The summed E-state index contributed by atoms with van der Waals surface area (Å²) in [5, 5.41) is 0.926. The average molecular weight is 368 g/mol. The molecule has 0 spiro atoms. The van der Waals surface area contributed by atoms with E-state index in [1.165, 1.54) is 0 Å². The van der Waals surface area contributed by atoms with Gasteiger partial charge in [0.1, 0.15) is 5.75 Å². The highest BCUT2D eigenvalue weighted by Crippen LogP contribution is 2.20. The number of hydrogen-bond donors (Lipinski definition) is 2. The predicted octanol–water partition coefficient (Wildman–Crippen LogP) is 2.62. The summed E-state index contributed by atoms with van der Waals surface area (Å²) in [6, 6.07) is 10.9.